The van der Waals surface area contributed by atoms with Gasteiger partial charge in [-0.25, -0.2) is 4.79 Å². The zero-order chi connectivity index (χ0) is 18.4. The number of rotatable bonds is 6. The molecule has 0 spiro atoms. The number of nitrogens with one attached hydrogen (secondary N) is 1. The Morgan fingerprint density at radius 1 is 1.00 bits per heavy atom. The van der Waals surface area contributed by atoms with E-state index in [1.54, 1.807) is 30.3 Å². The quantitative estimate of drug-likeness (QED) is 0.684. The van der Waals surface area contributed by atoms with Crippen LogP contribution in [0, 0.1) is 0 Å². The molecule has 0 aliphatic heterocycles. The molecule has 2 aromatic carbocycles. The van der Waals surface area contributed by atoms with Gasteiger partial charge < -0.3 is 19.2 Å². The average molecular weight is 351 g/mol. The second-order valence-corrected chi connectivity index (χ2v) is 5.35. The molecular formula is C20H17NO5. The first-order valence-electron chi connectivity index (χ1n) is 7.92. The summed E-state index contributed by atoms with van der Waals surface area (Å²) in [6, 6.07) is 18.0. The highest BCUT2D eigenvalue weighted by Crippen LogP contribution is 2.25. The molecule has 0 unspecified atom stereocenters. The van der Waals surface area contributed by atoms with Gasteiger partial charge in [-0.2, -0.15) is 0 Å². The number of esters is 1. The molecule has 132 valence electrons. The van der Waals surface area contributed by atoms with Crippen molar-refractivity contribution in [2.45, 2.75) is 0 Å². The summed E-state index contributed by atoms with van der Waals surface area (Å²) in [5.41, 5.74) is 1.94. The maximum atomic E-state index is 12.3. The van der Waals surface area contributed by atoms with Crippen LogP contribution >= 0.6 is 0 Å². The molecule has 0 aliphatic rings. The number of benzene rings is 2. The first-order valence-corrected chi connectivity index (χ1v) is 7.92. The maximum absolute atomic E-state index is 12.3. The number of amides is 1. The molecule has 26 heavy (non-hydrogen) atoms. The van der Waals surface area contributed by atoms with Gasteiger partial charge in [-0.1, -0.05) is 42.5 Å². The Morgan fingerprint density at radius 3 is 2.50 bits per heavy atom. The van der Waals surface area contributed by atoms with Gasteiger partial charge >= 0.3 is 5.97 Å². The predicted molar refractivity (Wildman–Crippen MR) is 96.1 cm³/mol. The summed E-state index contributed by atoms with van der Waals surface area (Å²) in [6.07, 6.45) is 1.41. The SMILES string of the molecule is COc1ccccc1NC(=O)COC(=O)c1occc1-c1ccccc1. The van der Waals surface area contributed by atoms with Crippen molar-refractivity contribution < 1.29 is 23.5 Å². The third-order valence-corrected chi connectivity index (χ3v) is 3.65. The van der Waals surface area contributed by atoms with Gasteiger partial charge in [-0.15, -0.1) is 0 Å². The number of anilines is 1. The minimum atomic E-state index is -0.705. The summed E-state index contributed by atoms with van der Waals surface area (Å²) in [7, 11) is 1.51. The van der Waals surface area contributed by atoms with E-state index in [-0.39, 0.29) is 5.76 Å². The van der Waals surface area contributed by atoms with Gasteiger partial charge in [0.15, 0.2) is 6.61 Å². The molecule has 0 aliphatic carbocycles. The fourth-order valence-electron chi connectivity index (χ4n) is 2.44. The van der Waals surface area contributed by atoms with Gasteiger partial charge in [-0.3, -0.25) is 4.79 Å². The van der Waals surface area contributed by atoms with Crippen LogP contribution in [0.15, 0.2) is 71.3 Å². The smallest absolute Gasteiger partial charge is 0.375 e. The van der Waals surface area contributed by atoms with Gasteiger partial charge in [0.25, 0.3) is 5.91 Å². The van der Waals surface area contributed by atoms with Crippen molar-refractivity contribution in [2.24, 2.45) is 0 Å². The second kappa shape index (κ2) is 8.02. The molecule has 3 rings (SSSR count). The van der Waals surface area contributed by atoms with Crippen LogP contribution in [0.25, 0.3) is 11.1 Å². The highest BCUT2D eigenvalue weighted by Gasteiger charge is 2.19. The van der Waals surface area contributed by atoms with E-state index in [1.807, 2.05) is 30.3 Å². The van der Waals surface area contributed by atoms with E-state index >= 15 is 0 Å². The molecule has 0 bridgehead atoms. The van der Waals surface area contributed by atoms with Crippen molar-refractivity contribution in [3.05, 3.63) is 72.7 Å². The van der Waals surface area contributed by atoms with Gasteiger partial charge in [0.05, 0.1) is 19.1 Å². The van der Waals surface area contributed by atoms with Gasteiger partial charge in [0, 0.05) is 5.56 Å². The number of hydrogen-bond acceptors (Lipinski definition) is 5. The Labute approximate surface area is 150 Å². The Hall–Kier alpha value is -3.54. The normalized spacial score (nSPS) is 10.2. The van der Waals surface area contributed by atoms with E-state index < -0.39 is 18.5 Å². The monoisotopic (exact) mass is 351 g/mol. The lowest BCUT2D eigenvalue weighted by molar-refractivity contribution is -0.119. The molecule has 0 atom stereocenters. The Bertz CT molecular complexity index is 901. The minimum Gasteiger partial charge on any atom is -0.495 e. The molecule has 1 aromatic heterocycles. The summed E-state index contributed by atoms with van der Waals surface area (Å²) < 4.78 is 15.5. The first kappa shape index (κ1) is 17.3. The van der Waals surface area contributed by atoms with E-state index in [0.717, 1.165) is 5.56 Å². The van der Waals surface area contributed by atoms with Gasteiger partial charge in [0.1, 0.15) is 5.75 Å². The third kappa shape index (κ3) is 3.92. The Morgan fingerprint density at radius 2 is 1.73 bits per heavy atom. The summed E-state index contributed by atoms with van der Waals surface area (Å²) in [6.45, 7) is -0.439. The van der Waals surface area contributed by atoms with E-state index in [0.29, 0.717) is 17.0 Å². The molecule has 1 N–H and O–H groups in total. The van der Waals surface area contributed by atoms with Crippen LogP contribution < -0.4 is 10.1 Å². The molecule has 0 radical (unpaired) electrons. The summed E-state index contributed by atoms with van der Waals surface area (Å²) in [5, 5.41) is 2.64. The van der Waals surface area contributed by atoms with E-state index in [4.69, 9.17) is 13.9 Å². The van der Waals surface area contributed by atoms with Crippen molar-refractivity contribution in [1.82, 2.24) is 0 Å². The van der Waals surface area contributed by atoms with Crippen LogP contribution in [0.4, 0.5) is 5.69 Å². The molecule has 1 heterocycles. The average Bonchev–Trinajstić information content (AvgIpc) is 3.17. The van der Waals surface area contributed by atoms with Gasteiger partial charge in [-0.05, 0) is 23.8 Å². The zero-order valence-corrected chi connectivity index (χ0v) is 14.1. The zero-order valence-electron chi connectivity index (χ0n) is 14.1. The first-order chi connectivity index (χ1) is 12.7. The van der Waals surface area contributed by atoms with E-state index in [1.165, 1.54) is 13.4 Å². The van der Waals surface area contributed by atoms with Crippen LogP contribution in [0.1, 0.15) is 10.6 Å². The minimum absolute atomic E-state index is 0.0568. The largest absolute Gasteiger partial charge is 0.495 e. The van der Waals surface area contributed by atoms with Crippen LogP contribution in [0.5, 0.6) is 5.75 Å². The van der Waals surface area contributed by atoms with Gasteiger partial charge in [0.2, 0.25) is 5.76 Å². The summed E-state index contributed by atoms with van der Waals surface area (Å²) in [4.78, 5) is 24.3. The van der Waals surface area contributed by atoms with Crippen LogP contribution in [0.2, 0.25) is 0 Å². The topological polar surface area (TPSA) is 77.8 Å². The third-order valence-electron chi connectivity index (χ3n) is 3.65. The standard InChI is InChI=1S/C20H17NO5/c1-24-17-10-6-5-9-16(17)21-18(22)13-26-20(23)19-15(11-12-25-19)14-7-3-2-4-8-14/h2-12H,13H2,1H3,(H,21,22). The number of methoxy groups -OCH3 is 1. The van der Waals surface area contributed by atoms with Crippen molar-refractivity contribution in [2.75, 3.05) is 19.0 Å². The van der Waals surface area contributed by atoms with E-state index in [9.17, 15) is 9.59 Å². The fourth-order valence-corrected chi connectivity index (χ4v) is 2.44. The molecule has 0 saturated heterocycles. The van der Waals surface area contributed by atoms with Crippen LogP contribution in [-0.2, 0) is 9.53 Å². The lowest BCUT2D eigenvalue weighted by Crippen LogP contribution is -2.21. The highest BCUT2D eigenvalue weighted by molar-refractivity contribution is 5.98. The lowest BCUT2D eigenvalue weighted by atomic mass is 10.1. The number of para-hydroxylation sites is 2. The molecule has 6 nitrogen and oxygen atoms in total. The predicted octanol–water partition coefficient (Wildman–Crippen LogP) is 3.75. The van der Waals surface area contributed by atoms with Crippen LogP contribution in [-0.4, -0.2) is 25.6 Å². The van der Waals surface area contributed by atoms with Crippen molar-refractivity contribution in [3.63, 3.8) is 0 Å². The number of carbonyl (C=O) groups is 2. The molecule has 0 saturated carbocycles. The molecule has 3 aromatic rings. The summed E-state index contributed by atoms with van der Waals surface area (Å²) >= 11 is 0. The molecular weight excluding hydrogens is 334 g/mol. The van der Waals surface area contributed by atoms with E-state index in [2.05, 4.69) is 5.32 Å². The van der Waals surface area contributed by atoms with Crippen LogP contribution in [0.3, 0.4) is 0 Å². The summed E-state index contributed by atoms with van der Waals surface area (Å²) in [5.74, 6) is -0.606. The fraction of sp³-hybridized carbons (Fsp3) is 0.100. The second-order valence-electron chi connectivity index (χ2n) is 5.35. The highest BCUT2D eigenvalue weighted by atomic mass is 16.5. The number of furan rings is 1. The number of carbonyl (C=O) groups excluding carboxylic acids is 2. The lowest BCUT2D eigenvalue weighted by Gasteiger charge is -2.10. The Kier molecular flexibility index (Phi) is 5.34. The number of hydrogen-bond donors (Lipinski definition) is 1. The van der Waals surface area contributed by atoms with Crippen molar-refractivity contribution in [3.8, 4) is 16.9 Å². The maximum Gasteiger partial charge on any atom is 0.375 e. The molecule has 6 heteroatoms. The molecule has 1 amide bonds. The molecule has 0 fully saturated rings. The van der Waals surface area contributed by atoms with Crippen molar-refractivity contribution >= 4 is 17.6 Å². The Balaban J connectivity index is 1.63. The van der Waals surface area contributed by atoms with Crippen molar-refractivity contribution in [1.29, 1.82) is 0 Å². The number of ether oxygens (including phenoxy) is 2.